The van der Waals surface area contributed by atoms with Crippen LogP contribution in [0.25, 0.3) is 0 Å². The highest BCUT2D eigenvalue weighted by molar-refractivity contribution is 5.84. The Hall–Kier alpha value is -0.610. The molecule has 0 aromatic carbocycles. The Bertz CT molecular complexity index is 180. The summed E-state index contributed by atoms with van der Waals surface area (Å²) < 4.78 is 0. The van der Waals surface area contributed by atoms with Crippen LogP contribution < -0.4 is 11.5 Å². The summed E-state index contributed by atoms with van der Waals surface area (Å²) in [4.78, 5) is 13.0. The van der Waals surface area contributed by atoms with Gasteiger partial charge in [-0.05, 0) is 26.9 Å². The molecule has 4 nitrogen and oxygen atoms in total. The topological polar surface area (TPSA) is 72.3 Å². The third kappa shape index (κ3) is 5.19. The first-order valence-corrected chi connectivity index (χ1v) is 5.17. The van der Waals surface area contributed by atoms with Gasteiger partial charge in [-0.2, -0.15) is 0 Å². The number of rotatable bonds is 7. The van der Waals surface area contributed by atoms with Crippen LogP contribution in [-0.2, 0) is 4.79 Å². The molecule has 4 heteroatoms. The van der Waals surface area contributed by atoms with Crippen molar-refractivity contribution < 1.29 is 4.79 Å². The molecule has 0 rings (SSSR count). The minimum atomic E-state index is -0.916. The zero-order chi connectivity index (χ0) is 11.2. The molecule has 0 aromatic rings. The number of unbranched alkanes of at least 4 members (excludes halogenated alkanes) is 2. The van der Waals surface area contributed by atoms with Gasteiger partial charge in [0.2, 0.25) is 5.91 Å². The van der Waals surface area contributed by atoms with Crippen molar-refractivity contribution in [3.63, 3.8) is 0 Å². The average molecular weight is 201 g/mol. The fraction of sp³-hybridized carbons (Fsp3) is 0.900. The number of nitrogens with zero attached hydrogens (tertiary/aromatic N) is 1. The number of hydrogen-bond acceptors (Lipinski definition) is 3. The van der Waals surface area contributed by atoms with Crippen LogP contribution >= 0.6 is 0 Å². The van der Waals surface area contributed by atoms with Gasteiger partial charge in [0.15, 0.2) is 0 Å². The van der Waals surface area contributed by atoms with Crippen molar-refractivity contribution in [2.24, 2.45) is 11.5 Å². The lowest BCUT2D eigenvalue weighted by Gasteiger charge is -2.27. The van der Waals surface area contributed by atoms with Crippen LogP contribution in [0.15, 0.2) is 0 Å². The fourth-order valence-electron chi connectivity index (χ4n) is 1.35. The molecule has 0 aliphatic rings. The van der Waals surface area contributed by atoms with Gasteiger partial charge in [0.1, 0.15) is 5.54 Å². The molecule has 1 amide bonds. The average Bonchev–Trinajstić information content (AvgIpc) is 2.03. The second kappa shape index (κ2) is 5.98. The predicted molar refractivity (Wildman–Crippen MR) is 58.8 cm³/mol. The van der Waals surface area contributed by atoms with Gasteiger partial charge >= 0.3 is 0 Å². The zero-order valence-corrected chi connectivity index (χ0v) is 9.55. The summed E-state index contributed by atoms with van der Waals surface area (Å²) in [5.41, 5.74) is 10.0. The van der Waals surface area contributed by atoms with E-state index in [0.717, 1.165) is 13.0 Å². The Labute approximate surface area is 86.6 Å². The molecule has 14 heavy (non-hydrogen) atoms. The Balaban J connectivity index is 3.81. The standard InChI is InChI=1S/C10H23N3O/c1-4-5-6-7-13(3)8-10(2,12)9(11)14/h4-8,12H2,1-3H3,(H2,11,14). The van der Waals surface area contributed by atoms with E-state index in [0.29, 0.717) is 6.54 Å². The second-order valence-corrected chi connectivity index (χ2v) is 4.23. The summed E-state index contributed by atoms with van der Waals surface area (Å²) in [7, 11) is 1.96. The smallest absolute Gasteiger partial charge is 0.238 e. The zero-order valence-electron chi connectivity index (χ0n) is 9.55. The summed E-state index contributed by atoms with van der Waals surface area (Å²) in [6.45, 7) is 5.32. The first kappa shape index (κ1) is 13.4. The van der Waals surface area contributed by atoms with Crippen molar-refractivity contribution in [1.29, 1.82) is 0 Å². The monoisotopic (exact) mass is 201 g/mol. The van der Waals surface area contributed by atoms with Gasteiger partial charge in [0, 0.05) is 6.54 Å². The highest BCUT2D eigenvalue weighted by Gasteiger charge is 2.26. The van der Waals surface area contributed by atoms with Gasteiger partial charge in [0.25, 0.3) is 0 Å². The van der Waals surface area contributed by atoms with Crippen LogP contribution in [0.5, 0.6) is 0 Å². The number of amides is 1. The summed E-state index contributed by atoms with van der Waals surface area (Å²) in [6.07, 6.45) is 3.55. The van der Waals surface area contributed by atoms with Crippen LogP contribution in [0, 0.1) is 0 Å². The molecule has 0 aliphatic heterocycles. The molecule has 0 radical (unpaired) electrons. The minimum Gasteiger partial charge on any atom is -0.368 e. The number of nitrogens with two attached hydrogens (primary N) is 2. The van der Waals surface area contributed by atoms with E-state index in [1.54, 1.807) is 6.92 Å². The Kier molecular flexibility index (Phi) is 5.72. The normalized spacial score (nSPS) is 15.5. The number of carbonyl (C=O) groups is 1. The maximum absolute atomic E-state index is 11.0. The number of primary amides is 1. The highest BCUT2D eigenvalue weighted by atomic mass is 16.1. The van der Waals surface area contributed by atoms with E-state index in [9.17, 15) is 4.79 Å². The lowest BCUT2D eigenvalue weighted by atomic mass is 10.0. The number of likely N-dealkylation sites (N-methyl/N-ethyl adjacent to an activating group) is 1. The molecule has 4 N–H and O–H groups in total. The van der Waals surface area contributed by atoms with Crippen LogP contribution in [-0.4, -0.2) is 36.5 Å². The molecule has 0 saturated carbocycles. The van der Waals surface area contributed by atoms with Gasteiger partial charge in [-0.1, -0.05) is 19.8 Å². The van der Waals surface area contributed by atoms with Crippen molar-refractivity contribution in [2.45, 2.75) is 38.6 Å². The fourth-order valence-corrected chi connectivity index (χ4v) is 1.35. The largest absolute Gasteiger partial charge is 0.368 e. The molecule has 0 fully saturated rings. The van der Waals surface area contributed by atoms with E-state index in [4.69, 9.17) is 11.5 Å². The Morgan fingerprint density at radius 1 is 1.43 bits per heavy atom. The van der Waals surface area contributed by atoms with Crippen molar-refractivity contribution in [2.75, 3.05) is 20.1 Å². The molecular formula is C10H23N3O. The highest BCUT2D eigenvalue weighted by Crippen LogP contribution is 2.03. The van der Waals surface area contributed by atoms with Gasteiger partial charge in [-0.3, -0.25) is 4.79 Å². The predicted octanol–water partition coefficient (Wildman–Crippen LogP) is 0.311. The lowest BCUT2D eigenvalue weighted by Crippen LogP contribution is -2.56. The van der Waals surface area contributed by atoms with E-state index < -0.39 is 11.4 Å². The minimum absolute atomic E-state index is 0.445. The van der Waals surface area contributed by atoms with E-state index in [1.165, 1.54) is 12.8 Å². The van der Waals surface area contributed by atoms with Gasteiger partial charge in [-0.25, -0.2) is 0 Å². The summed E-state index contributed by atoms with van der Waals surface area (Å²) in [5.74, 6) is -0.445. The maximum atomic E-state index is 11.0. The van der Waals surface area contributed by atoms with Crippen molar-refractivity contribution >= 4 is 5.91 Å². The quantitative estimate of drug-likeness (QED) is 0.582. The molecular weight excluding hydrogens is 178 g/mol. The van der Waals surface area contributed by atoms with E-state index in [-0.39, 0.29) is 0 Å². The molecule has 1 atom stereocenters. The third-order valence-electron chi connectivity index (χ3n) is 2.30. The SMILES string of the molecule is CCCCCN(C)CC(C)(N)C(N)=O. The Morgan fingerprint density at radius 3 is 2.43 bits per heavy atom. The molecule has 0 aliphatic carbocycles. The molecule has 0 bridgehead atoms. The second-order valence-electron chi connectivity index (χ2n) is 4.23. The molecule has 0 heterocycles. The van der Waals surface area contributed by atoms with Gasteiger partial charge < -0.3 is 16.4 Å². The van der Waals surface area contributed by atoms with Crippen molar-refractivity contribution in [1.82, 2.24) is 4.90 Å². The molecule has 0 spiro atoms. The van der Waals surface area contributed by atoms with Crippen LogP contribution in [0.4, 0.5) is 0 Å². The first-order chi connectivity index (χ1) is 6.40. The molecule has 1 unspecified atom stereocenters. The summed E-state index contributed by atoms with van der Waals surface area (Å²) in [5, 5.41) is 0. The van der Waals surface area contributed by atoms with Gasteiger partial charge in [-0.15, -0.1) is 0 Å². The maximum Gasteiger partial charge on any atom is 0.238 e. The van der Waals surface area contributed by atoms with Crippen LogP contribution in [0.2, 0.25) is 0 Å². The van der Waals surface area contributed by atoms with Crippen molar-refractivity contribution in [3.8, 4) is 0 Å². The van der Waals surface area contributed by atoms with E-state index in [1.807, 2.05) is 7.05 Å². The van der Waals surface area contributed by atoms with Crippen molar-refractivity contribution in [3.05, 3.63) is 0 Å². The van der Waals surface area contributed by atoms with Gasteiger partial charge in [0.05, 0.1) is 0 Å². The Morgan fingerprint density at radius 2 is 2.00 bits per heavy atom. The van der Waals surface area contributed by atoms with Crippen LogP contribution in [0.1, 0.15) is 33.1 Å². The van der Waals surface area contributed by atoms with E-state index >= 15 is 0 Å². The molecule has 0 saturated heterocycles. The lowest BCUT2D eigenvalue weighted by molar-refractivity contribution is -0.123. The number of carbonyl (C=O) groups excluding carboxylic acids is 1. The van der Waals surface area contributed by atoms with E-state index in [2.05, 4.69) is 11.8 Å². The third-order valence-corrected chi connectivity index (χ3v) is 2.30. The summed E-state index contributed by atoms with van der Waals surface area (Å²) >= 11 is 0. The number of hydrogen-bond donors (Lipinski definition) is 2. The first-order valence-electron chi connectivity index (χ1n) is 5.17. The van der Waals surface area contributed by atoms with Crippen LogP contribution in [0.3, 0.4) is 0 Å². The summed E-state index contributed by atoms with van der Waals surface area (Å²) in [6, 6.07) is 0. The molecule has 84 valence electrons. The molecule has 0 aromatic heterocycles.